The number of piperidine rings is 1. The van der Waals surface area contributed by atoms with Crippen LogP contribution in [0.25, 0.3) is 0 Å². The third kappa shape index (κ3) is 4.19. The molecule has 0 radical (unpaired) electrons. The van der Waals surface area contributed by atoms with E-state index in [0.717, 1.165) is 57.1 Å². The van der Waals surface area contributed by atoms with Gasteiger partial charge in [-0.25, -0.2) is 0 Å². The largest absolute Gasteiger partial charge is 0.387 e. The van der Waals surface area contributed by atoms with E-state index in [-0.39, 0.29) is 0 Å². The van der Waals surface area contributed by atoms with E-state index in [1.165, 1.54) is 18.4 Å². The first kappa shape index (κ1) is 15.3. The highest BCUT2D eigenvalue weighted by Gasteiger charge is 2.35. The summed E-state index contributed by atoms with van der Waals surface area (Å²) in [5.74, 6) is 0. The topological polar surface area (TPSA) is 26.7 Å². The Bertz CT molecular complexity index is 476. The number of halogens is 1. The van der Waals surface area contributed by atoms with Gasteiger partial charge in [-0.05, 0) is 63.0 Å². The SMILES string of the molecule is O[C@@]1(CN2CCCC2)CCCN(Cc2cccc(Cl)c2)C1. The second-order valence-electron chi connectivity index (χ2n) is 6.65. The molecule has 4 heteroatoms. The molecule has 3 nitrogen and oxygen atoms in total. The average Bonchev–Trinajstić information content (AvgIpc) is 2.91. The quantitative estimate of drug-likeness (QED) is 0.926. The molecule has 2 aliphatic heterocycles. The number of likely N-dealkylation sites (tertiary alicyclic amines) is 2. The third-order valence-corrected chi connectivity index (χ3v) is 4.88. The highest BCUT2D eigenvalue weighted by Crippen LogP contribution is 2.25. The van der Waals surface area contributed by atoms with E-state index >= 15 is 0 Å². The molecule has 1 atom stereocenters. The molecule has 2 fully saturated rings. The standard InChI is InChI=1S/C17H25ClN2O/c18-16-6-3-5-15(11-16)12-20-10-4-7-17(21,14-20)13-19-8-1-2-9-19/h3,5-6,11,21H,1-2,4,7-10,12-14H2/t17-/m1/s1. The van der Waals surface area contributed by atoms with Gasteiger partial charge in [0.1, 0.15) is 0 Å². The van der Waals surface area contributed by atoms with E-state index in [4.69, 9.17) is 11.6 Å². The van der Waals surface area contributed by atoms with E-state index < -0.39 is 5.60 Å². The van der Waals surface area contributed by atoms with Crippen molar-refractivity contribution < 1.29 is 5.11 Å². The van der Waals surface area contributed by atoms with Crippen LogP contribution in [-0.2, 0) is 6.54 Å². The molecular weight excluding hydrogens is 284 g/mol. The van der Waals surface area contributed by atoms with Crippen LogP contribution in [0.2, 0.25) is 5.02 Å². The van der Waals surface area contributed by atoms with Gasteiger partial charge in [0.05, 0.1) is 5.60 Å². The van der Waals surface area contributed by atoms with Crippen LogP contribution in [-0.4, -0.2) is 53.2 Å². The summed E-state index contributed by atoms with van der Waals surface area (Å²) in [4.78, 5) is 4.79. The summed E-state index contributed by atoms with van der Waals surface area (Å²) in [5.41, 5.74) is 0.689. The summed E-state index contributed by atoms with van der Waals surface area (Å²) in [6, 6.07) is 8.04. The van der Waals surface area contributed by atoms with Crippen molar-refractivity contribution >= 4 is 11.6 Å². The van der Waals surface area contributed by atoms with Crippen LogP contribution in [0, 0.1) is 0 Å². The first-order chi connectivity index (χ1) is 10.1. The van der Waals surface area contributed by atoms with Crippen molar-refractivity contribution in [3.05, 3.63) is 34.9 Å². The highest BCUT2D eigenvalue weighted by atomic mass is 35.5. The number of hydrogen-bond donors (Lipinski definition) is 1. The summed E-state index contributed by atoms with van der Waals surface area (Å²) in [7, 11) is 0. The van der Waals surface area contributed by atoms with E-state index in [1.807, 2.05) is 18.2 Å². The van der Waals surface area contributed by atoms with Gasteiger partial charge in [-0.3, -0.25) is 4.90 Å². The van der Waals surface area contributed by atoms with Crippen LogP contribution in [0.15, 0.2) is 24.3 Å². The molecule has 116 valence electrons. The predicted octanol–water partition coefficient (Wildman–Crippen LogP) is 2.76. The summed E-state index contributed by atoms with van der Waals surface area (Å²) >= 11 is 6.06. The molecule has 2 saturated heterocycles. The molecule has 1 aromatic carbocycles. The van der Waals surface area contributed by atoms with Crippen LogP contribution in [0.4, 0.5) is 0 Å². The van der Waals surface area contributed by atoms with E-state index in [0.29, 0.717) is 0 Å². The minimum Gasteiger partial charge on any atom is -0.387 e. The fourth-order valence-corrected chi connectivity index (χ4v) is 3.93. The molecule has 0 bridgehead atoms. The van der Waals surface area contributed by atoms with E-state index in [2.05, 4.69) is 15.9 Å². The van der Waals surface area contributed by atoms with Crippen molar-refractivity contribution in [3.63, 3.8) is 0 Å². The van der Waals surface area contributed by atoms with Crippen LogP contribution >= 0.6 is 11.6 Å². The van der Waals surface area contributed by atoms with Gasteiger partial charge in [0.15, 0.2) is 0 Å². The monoisotopic (exact) mass is 308 g/mol. The van der Waals surface area contributed by atoms with Gasteiger partial charge in [0, 0.05) is 24.7 Å². The van der Waals surface area contributed by atoms with Crippen molar-refractivity contribution in [3.8, 4) is 0 Å². The second kappa shape index (κ2) is 6.66. The van der Waals surface area contributed by atoms with Gasteiger partial charge < -0.3 is 10.0 Å². The zero-order valence-electron chi connectivity index (χ0n) is 12.6. The highest BCUT2D eigenvalue weighted by molar-refractivity contribution is 6.30. The lowest BCUT2D eigenvalue weighted by Gasteiger charge is -2.41. The normalized spacial score (nSPS) is 28.1. The van der Waals surface area contributed by atoms with Gasteiger partial charge in [0.2, 0.25) is 0 Å². The lowest BCUT2D eigenvalue weighted by Crippen LogP contribution is -2.53. The number of β-amino-alcohol motifs (C(OH)–C–C–N with tert-alkyl or cyclic N) is 1. The lowest BCUT2D eigenvalue weighted by atomic mass is 9.92. The molecule has 0 saturated carbocycles. The molecular formula is C17H25ClN2O. The van der Waals surface area contributed by atoms with Crippen molar-refractivity contribution in [2.24, 2.45) is 0 Å². The molecule has 0 aliphatic carbocycles. The Morgan fingerprint density at radius 1 is 1.10 bits per heavy atom. The summed E-state index contributed by atoms with van der Waals surface area (Å²) in [5, 5.41) is 11.7. The molecule has 0 aromatic heterocycles. The zero-order chi connectivity index (χ0) is 14.7. The van der Waals surface area contributed by atoms with Crippen LogP contribution in [0.1, 0.15) is 31.2 Å². The van der Waals surface area contributed by atoms with E-state index in [9.17, 15) is 5.11 Å². The Balaban J connectivity index is 1.59. The number of rotatable bonds is 4. The first-order valence-electron chi connectivity index (χ1n) is 8.05. The van der Waals surface area contributed by atoms with Gasteiger partial charge in [-0.15, -0.1) is 0 Å². The van der Waals surface area contributed by atoms with Crippen LogP contribution in [0.3, 0.4) is 0 Å². The Morgan fingerprint density at radius 3 is 2.62 bits per heavy atom. The van der Waals surface area contributed by atoms with Gasteiger partial charge in [-0.2, -0.15) is 0 Å². The van der Waals surface area contributed by atoms with Crippen molar-refractivity contribution in [2.45, 2.75) is 37.8 Å². The summed E-state index contributed by atoms with van der Waals surface area (Å²) in [6.07, 6.45) is 4.56. The number of benzene rings is 1. The molecule has 21 heavy (non-hydrogen) atoms. The fourth-order valence-electron chi connectivity index (χ4n) is 3.72. The summed E-state index contributed by atoms with van der Waals surface area (Å²) in [6.45, 7) is 5.85. The number of nitrogens with zero attached hydrogens (tertiary/aromatic N) is 2. The minimum absolute atomic E-state index is 0.541. The molecule has 3 rings (SSSR count). The van der Waals surface area contributed by atoms with E-state index in [1.54, 1.807) is 0 Å². The van der Waals surface area contributed by atoms with Crippen molar-refractivity contribution in [2.75, 3.05) is 32.7 Å². The van der Waals surface area contributed by atoms with Gasteiger partial charge >= 0.3 is 0 Å². The molecule has 2 heterocycles. The molecule has 0 amide bonds. The van der Waals surface area contributed by atoms with Gasteiger partial charge in [-0.1, -0.05) is 23.7 Å². The van der Waals surface area contributed by atoms with Crippen LogP contribution < -0.4 is 0 Å². The smallest absolute Gasteiger partial charge is 0.0900 e. The Hall–Kier alpha value is -0.610. The third-order valence-electron chi connectivity index (χ3n) is 4.65. The number of aliphatic hydroxyl groups is 1. The first-order valence-corrected chi connectivity index (χ1v) is 8.42. The van der Waals surface area contributed by atoms with Crippen LogP contribution in [0.5, 0.6) is 0 Å². The maximum Gasteiger partial charge on any atom is 0.0900 e. The maximum atomic E-state index is 10.9. The lowest BCUT2D eigenvalue weighted by molar-refractivity contribution is -0.0519. The average molecular weight is 309 g/mol. The van der Waals surface area contributed by atoms with Crippen molar-refractivity contribution in [1.82, 2.24) is 9.80 Å². The molecule has 1 aromatic rings. The molecule has 2 aliphatic rings. The predicted molar refractivity (Wildman–Crippen MR) is 86.6 cm³/mol. The van der Waals surface area contributed by atoms with Gasteiger partial charge in [0.25, 0.3) is 0 Å². The Labute approximate surface area is 132 Å². The number of hydrogen-bond acceptors (Lipinski definition) is 3. The van der Waals surface area contributed by atoms with Crippen molar-refractivity contribution in [1.29, 1.82) is 0 Å². The zero-order valence-corrected chi connectivity index (χ0v) is 13.4. The fraction of sp³-hybridized carbons (Fsp3) is 0.647. The molecule has 0 unspecified atom stereocenters. The Kier molecular flexibility index (Phi) is 4.85. The minimum atomic E-state index is -0.541. The molecule has 1 N–H and O–H groups in total. The second-order valence-corrected chi connectivity index (χ2v) is 7.09. The Morgan fingerprint density at radius 2 is 1.86 bits per heavy atom. The molecule has 0 spiro atoms. The summed E-state index contributed by atoms with van der Waals surface area (Å²) < 4.78 is 0. The maximum absolute atomic E-state index is 10.9.